The fourth-order valence-corrected chi connectivity index (χ4v) is 3.46. The van der Waals surface area contributed by atoms with Crippen LogP contribution in [0, 0.1) is 12.7 Å². The highest BCUT2D eigenvalue weighted by Gasteiger charge is 2.20. The largest absolute Gasteiger partial charge is 0.241 e. The predicted molar refractivity (Wildman–Crippen MR) is 81.3 cm³/mol. The Morgan fingerprint density at radius 1 is 1.19 bits per heavy atom. The van der Waals surface area contributed by atoms with Crippen molar-refractivity contribution in [3.8, 4) is 0 Å². The zero-order valence-electron chi connectivity index (χ0n) is 11.6. The number of aryl methyl sites for hydroxylation is 1. The topological polar surface area (TPSA) is 46.2 Å². The second-order valence-corrected chi connectivity index (χ2v) is 6.90. The van der Waals surface area contributed by atoms with Crippen molar-refractivity contribution in [2.45, 2.75) is 24.8 Å². The number of hydrogen-bond donors (Lipinski definition) is 1. The molecule has 0 spiro atoms. The van der Waals surface area contributed by atoms with E-state index in [0.29, 0.717) is 16.1 Å². The summed E-state index contributed by atoms with van der Waals surface area (Å²) in [5, 5.41) is 0.475. The highest BCUT2D eigenvalue weighted by molar-refractivity contribution is 7.89. The van der Waals surface area contributed by atoms with Crippen LogP contribution in [0.15, 0.2) is 47.4 Å². The Balaban J connectivity index is 2.29. The van der Waals surface area contributed by atoms with Gasteiger partial charge in [0.15, 0.2) is 0 Å². The third-order valence-corrected chi connectivity index (χ3v) is 5.04. The van der Waals surface area contributed by atoms with E-state index in [1.807, 2.05) is 0 Å². The summed E-state index contributed by atoms with van der Waals surface area (Å²) in [5.41, 5.74) is 1.06. The first-order valence-electron chi connectivity index (χ1n) is 6.34. The van der Waals surface area contributed by atoms with E-state index in [2.05, 4.69) is 4.72 Å². The zero-order chi connectivity index (χ0) is 15.6. The van der Waals surface area contributed by atoms with Crippen LogP contribution in [0.2, 0.25) is 5.02 Å². The smallest absolute Gasteiger partial charge is 0.207 e. The van der Waals surface area contributed by atoms with Crippen molar-refractivity contribution in [3.05, 3.63) is 64.4 Å². The summed E-state index contributed by atoms with van der Waals surface area (Å²) >= 11 is 6.05. The Morgan fingerprint density at radius 2 is 1.86 bits per heavy atom. The van der Waals surface area contributed by atoms with Gasteiger partial charge < -0.3 is 0 Å². The first-order valence-corrected chi connectivity index (χ1v) is 8.20. The van der Waals surface area contributed by atoms with Gasteiger partial charge in [0.05, 0.1) is 4.90 Å². The lowest BCUT2D eigenvalue weighted by Crippen LogP contribution is -2.27. The van der Waals surface area contributed by atoms with Crippen molar-refractivity contribution in [2.75, 3.05) is 0 Å². The molecular weight excluding hydrogens is 313 g/mol. The summed E-state index contributed by atoms with van der Waals surface area (Å²) in [6.45, 7) is 3.26. The molecule has 2 aromatic rings. The average Bonchev–Trinajstić information content (AvgIpc) is 2.41. The normalized spacial score (nSPS) is 13.1. The Bertz CT molecular complexity index is 762. The molecule has 0 amide bonds. The summed E-state index contributed by atoms with van der Waals surface area (Å²) in [7, 11) is -3.81. The Morgan fingerprint density at radius 3 is 2.48 bits per heavy atom. The van der Waals surface area contributed by atoms with Crippen molar-refractivity contribution in [2.24, 2.45) is 0 Å². The molecule has 0 radical (unpaired) electrons. The van der Waals surface area contributed by atoms with Crippen LogP contribution in [-0.4, -0.2) is 8.42 Å². The number of rotatable bonds is 4. The minimum atomic E-state index is -3.81. The van der Waals surface area contributed by atoms with Gasteiger partial charge in [0.25, 0.3) is 0 Å². The molecule has 3 nitrogen and oxygen atoms in total. The molecule has 1 N–H and O–H groups in total. The number of halogens is 2. The summed E-state index contributed by atoms with van der Waals surface area (Å²) in [4.78, 5) is -0.107. The summed E-state index contributed by atoms with van der Waals surface area (Å²) in [6, 6.07) is 10.3. The third-order valence-electron chi connectivity index (χ3n) is 3.16. The van der Waals surface area contributed by atoms with Crippen LogP contribution >= 0.6 is 11.6 Å². The molecule has 2 rings (SSSR count). The second kappa shape index (κ2) is 6.13. The van der Waals surface area contributed by atoms with E-state index in [1.165, 1.54) is 12.1 Å². The van der Waals surface area contributed by atoms with Crippen molar-refractivity contribution in [1.29, 1.82) is 0 Å². The maximum Gasteiger partial charge on any atom is 0.241 e. The van der Waals surface area contributed by atoms with Gasteiger partial charge in [-0.15, -0.1) is 0 Å². The van der Waals surface area contributed by atoms with Gasteiger partial charge >= 0.3 is 0 Å². The molecule has 0 aliphatic heterocycles. The van der Waals surface area contributed by atoms with Crippen LogP contribution in [0.3, 0.4) is 0 Å². The molecule has 0 aromatic heterocycles. The highest BCUT2D eigenvalue weighted by atomic mass is 35.5. The van der Waals surface area contributed by atoms with E-state index in [1.54, 1.807) is 38.1 Å². The van der Waals surface area contributed by atoms with Gasteiger partial charge in [0.1, 0.15) is 5.82 Å². The first kappa shape index (κ1) is 15.9. The molecule has 0 bridgehead atoms. The molecule has 6 heteroatoms. The Kier molecular flexibility index (Phi) is 4.66. The fraction of sp³-hybridized carbons (Fsp3) is 0.200. The van der Waals surface area contributed by atoms with E-state index in [4.69, 9.17) is 11.6 Å². The molecule has 112 valence electrons. The minimum absolute atomic E-state index is 0.107. The number of nitrogens with one attached hydrogen (secondary N) is 1. The lowest BCUT2D eigenvalue weighted by Gasteiger charge is -2.16. The SMILES string of the molecule is Cc1ccc(S(=O)(=O)NC(C)c2ccccc2Cl)cc1F. The van der Waals surface area contributed by atoms with Crippen molar-refractivity contribution < 1.29 is 12.8 Å². The van der Waals surface area contributed by atoms with Gasteiger partial charge in [0, 0.05) is 11.1 Å². The molecule has 0 heterocycles. The van der Waals surface area contributed by atoms with Crippen LogP contribution in [0.25, 0.3) is 0 Å². The standard InChI is InChI=1S/C15H15ClFNO2S/c1-10-7-8-12(9-15(10)17)21(19,20)18-11(2)13-5-3-4-6-14(13)16/h3-9,11,18H,1-2H3. The summed E-state index contributed by atoms with van der Waals surface area (Å²) < 4.78 is 40.6. The quantitative estimate of drug-likeness (QED) is 0.927. The summed E-state index contributed by atoms with van der Waals surface area (Å²) in [6.07, 6.45) is 0. The van der Waals surface area contributed by atoms with Crippen LogP contribution in [-0.2, 0) is 10.0 Å². The highest BCUT2D eigenvalue weighted by Crippen LogP contribution is 2.24. The van der Waals surface area contributed by atoms with Gasteiger partial charge in [0.2, 0.25) is 10.0 Å². The van der Waals surface area contributed by atoms with E-state index in [-0.39, 0.29) is 4.90 Å². The molecule has 2 aromatic carbocycles. The molecule has 1 atom stereocenters. The molecular formula is C15H15ClFNO2S. The molecule has 0 saturated heterocycles. The van der Waals surface area contributed by atoms with Crippen LogP contribution in [0.1, 0.15) is 24.1 Å². The molecule has 0 saturated carbocycles. The maximum atomic E-state index is 13.5. The van der Waals surface area contributed by atoms with Crippen molar-refractivity contribution in [1.82, 2.24) is 4.72 Å². The lowest BCUT2D eigenvalue weighted by atomic mass is 10.1. The monoisotopic (exact) mass is 327 g/mol. The number of benzene rings is 2. The van der Waals surface area contributed by atoms with Gasteiger partial charge in [-0.1, -0.05) is 35.9 Å². The Labute approximate surface area is 128 Å². The molecule has 21 heavy (non-hydrogen) atoms. The van der Waals surface area contributed by atoms with Gasteiger partial charge in [-0.05, 0) is 43.2 Å². The molecule has 0 fully saturated rings. The molecule has 0 aliphatic rings. The van der Waals surface area contributed by atoms with Crippen LogP contribution in [0.4, 0.5) is 4.39 Å². The minimum Gasteiger partial charge on any atom is -0.207 e. The van der Waals surface area contributed by atoms with E-state index >= 15 is 0 Å². The van der Waals surface area contributed by atoms with Crippen LogP contribution < -0.4 is 4.72 Å². The van der Waals surface area contributed by atoms with Crippen molar-refractivity contribution in [3.63, 3.8) is 0 Å². The first-order chi connectivity index (χ1) is 9.81. The van der Waals surface area contributed by atoms with Gasteiger partial charge in [-0.25, -0.2) is 17.5 Å². The molecule has 1 unspecified atom stereocenters. The predicted octanol–water partition coefficient (Wildman–Crippen LogP) is 3.83. The summed E-state index contributed by atoms with van der Waals surface area (Å²) in [5.74, 6) is -0.553. The third kappa shape index (κ3) is 3.61. The Hall–Kier alpha value is -1.43. The van der Waals surface area contributed by atoms with Crippen molar-refractivity contribution >= 4 is 21.6 Å². The van der Waals surface area contributed by atoms with Gasteiger partial charge in [-0.3, -0.25) is 0 Å². The lowest BCUT2D eigenvalue weighted by molar-refractivity contribution is 0.563. The maximum absolute atomic E-state index is 13.5. The number of hydrogen-bond acceptors (Lipinski definition) is 2. The van der Waals surface area contributed by atoms with Crippen LogP contribution in [0.5, 0.6) is 0 Å². The second-order valence-electron chi connectivity index (χ2n) is 4.78. The van der Waals surface area contributed by atoms with Gasteiger partial charge in [-0.2, -0.15) is 0 Å². The molecule has 0 aliphatic carbocycles. The van der Waals surface area contributed by atoms with E-state index < -0.39 is 21.9 Å². The van der Waals surface area contributed by atoms with E-state index in [0.717, 1.165) is 6.07 Å². The number of sulfonamides is 1. The fourth-order valence-electron chi connectivity index (χ4n) is 1.93. The zero-order valence-corrected chi connectivity index (χ0v) is 13.2. The average molecular weight is 328 g/mol. The van der Waals surface area contributed by atoms with E-state index in [9.17, 15) is 12.8 Å².